The zero-order valence-corrected chi connectivity index (χ0v) is 22.3. The zero-order chi connectivity index (χ0) is 24.0. The summed E-state index contributed by atoms with van der Waals surface area (Å²) in [6.07, 6.45) is 3.49. The Morgan fingerprint density at radius 1 is 1.09 bits per heavy atom. The minimum absolute atomic E-state index is 0.00122. The lowest BCUT2D eigenvalue weighted by atomic mass is 10.1. The van der Waals surface area contributed by atoms with Crippen LogP contribution in [0.2, 0.25) is 0 Å². The van der Waals surface area contributed by atoms with Gasteiger partial charge in [0.15, 0.2) is 0 Å². The summed E-state index contributed by atoms with van der Waals surface area (Å²) < 4.78 is 28.9. The Balaban J connectivity index is 1.90. The number of anilines is 1. The molecule has 0 amide bonds. The van der Waals surface area contributed by atoms with E-state index in [1.807, 2.05) is 17.0 Å². The van der Waals surface area contributed by atoms with Crippen LogP contribution < -0.4 is 4.90 Å². The zero-order valence-electron chi connectivity index (χ0n) is 18.4. The fraction of sp³-hybridized carbons (Fsp3) is 0.476. The van der Waals surface area contributed by atoms with Crippen LogP contribution >= 0.6 is 31.9 Å². The number of hydrogen-bond donors (Lipinski definition) is 0. The molecule has 1 fully saturated rings. The third-order valence-corrected chi connectivity index (χ3v) is 8.21. The molecule has 180 valence electrons. The largest absolute Gasteiger partial charge is 0.369 e. The maximum atomic E-state index is 13.7. The first-order valence-corrected chi connectivity index (χ1v) is 14.2. The maximum Gasteiger partial charge on any atom is 0.271 e. The molecule has 3 rings (SSSR count). The summed E-state index contributed by atoms with van der Waals surface area (Å²) in [5.41, 5.74) is 2.00. The highest BCUT2D eigenvalue weighted by atomic mass is 79.9. The minimum Gasteiger partial charge on any atom is -0.369 e. The Kier molecular flexibility index (Phi) is 9.22. The molecule has 0 bridgehead atoms. The monoisotopic (exact) mass is 603 g/mol. The van der Waals surface area contributed by atoms with Gasteiger partial charge in [-0.15, -0.1) is 0 Å². The summed E-state index contributed by atoms with van der Waals surface area (Å²) in [6, 6.07) is 6.54. The lowest BCUT2D eigenvalue weighted by Crippen LogP contribution is -2.48. The summed E-state index contributed by atoms with van der Waals surface area (Å²) in [7, 11) is -3.93. The first-order valence-electron chi connectivity index (χ1n) is 10.5. The third-order valence-electron chi connectivity index (χ3n) is 5.59. The number of halogens is 2. The number of aryl methyl sites for hydroxylation is 1. The fourth-order valence-electron chi connectivity index (χ4n) is 3.99. The number of aromatic nitrogens is 1. The van der Waals surface area contributed by atoms with E-state index in [-0.39, 0.29) is 10.6 Å². The summed E-state index contributed by atoms with van der Waals surface area (Å²) in [6.45, 7) is 5.41. The fourth-order valence-corrected chi connectivity index (χ4v) is 6.57. The van der Waals surface area contributed by atoms with Crippen molar-refractivity contribution >= 4 is 53.3 Å². The normalized spacial score (nSPS) is 15.5. The van der Waals surface area contributed by atoms with Crippen molar-refractivity contribution in [2.45, 2.75) is 18.4 Å². The highest BCUT2D eigenvalue weighted by Crippen LogP contribution is 2.35. The van der Waals surface area contributed by atoms with Crippen molar-refractivity contribution in [2.24, 2.45) is 0 Å². The molecule has 33 heavy (non-hydrogen) atoms. The first-order chi connectivity index (χ1) is 15.8. The minimum atomic E-state index is -3.93. The predicted molar refractivity (Wildman–Crippen MR) is 136 cm³/mol. The summed E-state index contributed by atoms with van der Waals surface area (Å²) in [4.78, 5) is 19.2. The van der Waals surface area contributed by atoms with Crippen LogP contribution in [0, 0.1) is 17.0 Å². The molecule has 2 heterocycles. The number of nitro benzene ring substituents is 1. The molecule has 1 aliphatic rings. The molecule has 9 nitrogen and oxygen atoms in total. The molecule has 0 spiro atoms. The average molecular weight is 605 g/mol. The van der Waals surface area contributed by atoms with Gasteiger partial charge in [-0.2, -0.15) is 4.31 Å². The van der Waals surface area contributed by atoms with Crippen LogP contribution in [-0.2, 0) is 16.6 Å². The second-order valence-corrected chi connectivity index (χ2v) is 11.3. The van der Waals surface area contributed by atoms with Gasteiger partial charge < -0.3 is 4.90 Å². The molecule has 1 aliphatic heterocycles. The number of non-ortho nitro benzene ring substituents is 1. The second-order valence-electron chi connectivity index (χ2n) is 7.77. The summed E-state index contributed by atoms with van der Waals surface area (Å²) in [5.74, 6) is 0. The number of alkyl halides is 2. The Morgan fingerprint density at radius 2 is 1.70 bits per heavy atom. The molecule has 0 unspecified atom stereocenters. The third kappa shape index (κ3) is 6.30. The standard InChI is InChI=1S/C21H27Br2N5O4S/c1-17-14-19(28(29)30)15-20(21(17)26(8-4-22)9-5-23)33(31,32)27-12-10-25(11-13-27)16-18-2-6-24-7-3-18/h2-3,6-7,14-15H,4-5,8-13,16H2,1H3. The molecule has 2 aromatic rings. The summed E-state index contributed by atoms with van der Waals surface area (Å²) >= 11 is 6.86. The van der Waals surface area contributed by atoms with Crippen LogP contribution in [0.4, 0.5) is 11.4 Å². The maximum absolute atomic E-state index is 13.7. The van der Waals surface area contributed by atoms with E-state index in [1.54, 1.807) is 19.3 Å². The smallest absolute Gasteiger partial charge is 0.271 e. The van der Waals surface area contributed by atoms with Gasteiger partial charge in [-0.25, -0.2) is 8.42 Å². The van der Waals surface area contributed by atoms with Crippen molar-refractivity contribution in [1.29, 1.82) is 0 Å². The van der Waals surface area contributed by atoms with Crippen molar-refractivity contribution < 1.29 is 13.3 Å². The quantitative estimate of drug-likeness (QED) is 0.233. The van der Waals surface area contributed by atoms with Crippen molar-refractivity contribution in [3.8, 4) is 0 Å². The number of benzene rings is 1. The van der Waals surface area contributed by atoms with Crippen molar-refractivity contribution in [3.05, 3.63) is 57.9 Å². The highest BCUT2D eigenvalue weighted by molar-refractivity contribution is 9.09. The summed E-state index contributed by atoms with van der Waals surface area (Å²) in [5, 5.41) is 12.8. The lowest BCUT2D eigenvalue weighted by Gasteiger charge is -2.35. The van der Waals surface area contributed by atoms with Crippen LogP contribution in [0.5, 0.6) is 0 Å². The van der Waals surface area contributed by atoms with Gasteiger partial charge in [0.05, 0.1) is 10.6 Å². The Hall–Kier alpha value is -1.60. The Labute approximate surface area is 211 Å². The molecule has 0 radical (unpaired) electrons. The number of hydrogen-bond acceptors (Lipinski definition) is 7. The molecule has 1 saturated heterocycles. The Bertz CT molecular complexity index is 1060. The van der Waals surface area contributed by atoms with E-state index in [2.05, 4.69) is 41.7 Å². The van der Waals surface area contributed by atoms with Crippen LogP contribution in [0.3, 0.4) is 0 Å². The number of nitro groups is 1. The van der Waals surface area contributed by atoms with Gasteiger partial charge in [0, 0.05) is 81.0 Å². The van der Waals surface area contributed by atoms with Crippen LogP contribution in [0.1, 0.15) is 11.1 Å². The topological polar surface area (TPSA) is 99.9 Å². The van der Waals surface area contributed by atoms with E-state index < -0.39 is 14.9 Å². The van der Waals surface area contributed by atoms with Gasteiger partial charge in [-0.3, -0.25) is 20.0 Å². The van der Waals surface area contributed by atoms with E-state index in [4.69, 9.17) is 0 Å². The lowest BCUT2D eigenvalue weighted by molar-refractivity contribution is -0.385. The van der Waals surface area contributed by atoms with Crippen LogP contribution in [-0.4, -0.2) is 77.5 Å². The molecule has 0 aliphatic carbocycles. The molecular weight excluding hydrogens is 578 g/mol. The van der Waals surface area contributed by atoms with Crippen molar-refractivity contribution in [2.75, 3.05) is 54.8 Å². The molecule has 12 heteroatoms. The van der Waals surface area contributed by atoms with Crippen molar-refractivity contribution in [1.82, 2.24) is 14.2 Å². The number of pyridine rings is 1. The predicted octanol–water partition coefficient (Wildman–Crippen LogP) is 3.40. The second kappa shape index (κ2) is 11.7. The first kappa shape index (κ1) is 26.0. The molecule has 1 aromatic heterocycles. The van der Waals surface area contributed by atoms with E-state index in [1.165, 1.54) is 16.4 Å². The highest BCUT2D eigenvalue weighted by Gasteiger charge is 2.34. The van der Waals surface area contributed by atoms with Crippen molar-refractivity contribution in [3.63, 3.8) is 0 Å². The molecule has 0 atom stereocenters. The van der Waals surface area contributed by atoms with Gasteiger partial charge in [0.25, 0.3) is 5.69 Å². The van der Waals surface area contributed by atoms with Gasteiger partial charge in [-0.05, 0) is 30.2 Å². The number of nitrogens with zero attached hydrogens (tertiary/aromatic N) is 5. The molecular formula is C21H27Br2N5O4S. The van der Waals surface area contributed by atoms with Gasteiger partial charge in [0.2, 0.25) is 10.0 Å². The number of rotatable bonds is 10. The SMILES string of the molecule is Cc1cc([N+](=O)[O-])cc(S(=O)(=O)N2CCN(Cc3ccncc3)CC2)c1N(CCBr)CCBr. The van der Waals surface area contributed by atoms with E-state index in [0.29, 0.717) is 61.2 Å². The number of sulfonamides is 1. The van der Waals surface area contributed by atoms with Crippen LogP contribution in [0.25, 0.3) is 0 Å². The van der Waals surface area contributed by atoms with E-state index >= 15 is 0 Å². The molecule has 0 N–H and O–H groups in total. The van der Waals surface area contributed by atoms with Gasteiger partial charge in [0.1, 0.15) is 4.90 Å². The van der Waals surface area contributed by atoms with Gasteiger partial charge >= 0.3 is 0 Å². The number of piperazine rings is 1. The average Bonchev–Trinajstić information content (AvgIpc) is 2.79. The van der Waals surface area contributed by atoms with Gasteiger partial charge in [-0.1, -0.05) is 31.9 Å². The van der Waals surface area contributed by atoms with E-state index in [9.17, 15) is 18.5 Å². The molecule has 1 aromatic carbocycles. The Morgan fingerprint density at radius 3 is 2.24 bits per heavy atom. The van der Waals surface area contributed by atoms with E-state index in [0.717, 1.165) is 12.1 Å². The van der Waals surface area contributed by atoms with Crippen LogP contribution in [0.15, 0.2) is 41.6 Å². The molecule has 0 saturated carbocycles.